The number of hydrogen-bond acceptors (Lipinski definition) is 50. The van der Waals surface area contributed by atoms with E-state index in [1.807, 2.05) is 0 Å². The first-order chi connectivity index (χ1) is 56.6. The van der Waals surface area contributed by atoms with E-state index in [2.05, 4.69) is 16.0 Å². The largest absolute Gasteiger partial charge is 0.479 e. The molecule has 10 saturated heterocycles. The highest BCUT2D eigenvalue weighted by Gasteiger charge is 2.62. The Morgan fingerprint density at radius 3 is 1.02 bits per heavy atom. The number of hydrogen-bond donors (Lipinski definition) is 31. The van der Waals surface area contributed by atoms with E-state index >= 15 is 0 Å². The molecule has 10 heterocycles. The summed E-state index contributed by atoms with van der Waals surface area (Å²) in [6.45, 7) is -4.91. The Hall–Kier alpha value is -3.96. The predicted molar refractivity (Wildman–Crippen MR) is 364 cm³/mol. The van der Waals surface area contributed by atoms with E-state index < -0.39 is 383 Å². The average molecular weight is 1760 g/mol. The minimum Gasteiger partial charge on any atom is -0.479 e. The van der Waals surface area contributed by atoms with E-state index in [1.165, 1.54) is 6.92 Å². The van der Waals surface area contributed by atoms with Crippen molar-refractivity contribution in [2.45, 2.75) is 335 Å². The lowest BCUT2D eigenvalue weighted by Gasteiger charge is -2.51. The van der Waals surface area contributed by atoms with Crippen LogP contribution in [0.3, 0.4) is 0 Å². The summed E-state index contributed by atoms with van der Waals surface area (Å²) in [4.78, 5) is 50.6. The van der Waals surface area contributed by atoms with Crippen molar-refractivity contribution in [1.82, 2.24) is 16.0 Å². The Morgan fingerprint density at radius 1 is 0.258 bits per heavy atom. The van der Waals surface area contributed by atoms with Crippen molar-refractivity contribution in [3.8, 4) is 0 Å². The fourth-order valence-corrected chi connectivity index (χ4v) is 15.4. The fourth-order valence-electron chi connectivity index (χ4n) is 15.4. The van der Waals surface area contributed by atoms with Crippen molar-refractivity contribution < 1.29 is 252 Å². The number of carbonyl (C=O) groups excluding carboxylic acids is 3. The van der Waals surface area contributed by atoms with Gasteiger partial charge in [-0.1, -0.05) is 0 Å². The van der Waals surface area contributed by atoms with Gasteiger partial charge >= 0.3 is 5.97 Å². The van der Waals surface area contributed by atoms with Crippen LogP contribution in [0.15, 0.2) is 0 Å². The first-order valence-electron chi connectivity index (χ1n) is 38.0. The number of carboxylic acid groups (broad SMARTS) is 1. The smallest absolute Gasteiger partial charge is 0.335 e. The molecule has 54 nitrogen and oxygen atoms in total. The van der Waals surface area contributed by atoms with Gasteiger partial charge < -0.3 is 249 Å². The van der Waals surface area contributed by atoms with Gasteiger partial charge in [0.25, 0.3) is 0 Å². The van der Waals surface area contributed by atoms with Crippen LogP contribution in [-0.4, -0.2) is 526 Å². The summed E-state index contributed by atoms with van der Waals surface area (Å²) in [5.41, 5.74) is 0. The molecule has 3 amide bonds. The second kappa shape index (κ2) is 42.3. The van der Waals surface area contributed by atoms with Crippen LogP contribution >= 0.6 is 0 Å². The highest BCUT2D eigenvalue weighted by atomic mass is 16.8. The minimum absolute atomic E-state index is 0.843. The second-order valence-corrected chi connectivity index (χ2v) is 30.3. The van der Waals surface area contributed by atoms with E-state index in [9.17, 15) is 162 Å². The Bertz CT molecular complexity index is 3250. The number of nitrogens with one attached hydrogen (secondary N) is 3. The standard InChI is InChI=1S/C66H109N3O51/c1-13-28(79)37(88)42(93)60(104-13)103-12-24-50(34(85)25(57(101)105-24)67-14(2)76)113-58-26(68-15(3)77)35(86)49(21(9-74)110-58)115-65-47(98)53(33(84)23(112-65)11-102-61-45(96)51(31(82)19(7-72)106-61)116-62-43(94)38(89)29(80)17(5-70)107-62)118-66-55(40(91)30(81)18(6-71)109-66)120-59-27(69-16(4)78)36(87)48(22(10-75)111-59)114-64-46(97)52(32(83)20(8-73)108-64)117-63-44(95)39(90)41(92)54(119-63)56(99)100/h13,17-55,57-66,70-75,79-98,101H,5-12H2,1-4H3,(H,67,76)(H,68,77)(H,69,78)(H,99,100)/t13-,17-,18-,19-,20-,21-,22-,23-,24-,25-,26-,27-,28+,29-,30-,31-,32+,33-,34-,35-,36-,37+,38+,39+,40+,41+,42-,43+,44-,45+,46-,47+,48-,49-,50-,51+,52+,53+,54+,55+,57-,58+,59-,60-,61-,62-,63-,64+,65+,66+/m1/s1. The molecule has 0 aromatic heterocycles. The van der Waals surface area contributed by atoms with Crippen molar-refractivity contribution in [2.75, 3.05) is 52.9 Å². The summed E-state index contributed by atoms with van der Waals surface area (Å²) in [6.07, 6.45) is -99.8. The Balaban J connectivity index is 0.951. The molecule has 0 radical (unpaired) electrons. The van der Waals surface area contributed by atoms with Crippen LogP contribution in [0.4, 0.5) is 0 Å². The molecule has 10 fully saturated rings. The molecule has 10 rings (SSSR count). The molecule has 0 bridgehead atoms. The van der Waals surface area contributed by atoms with Crippen molar-refractivity contribution in [2.24, 2.45) is 0 Å². The van der Waals surface area contributed by atoms with E-state index in [4.69, 9.17) is 90.0 Å². The van der Waals surface area contributed by atoms with Crippen LogP contribution in [0.5, 0.6) is 0 Å². The zero-order valence-electron chi connectivity index (χ0n) is 63.9. The molecule has 0 saturated carbocycles. The van der Waals surface area contributed by atoms with Gasteiger partial charge in [-0.25, -0.2) is 4.79 Å². The van der Waals surface area contributed by atoms with Crippen LogP contribution in [0, 0.1) is 0 Å². The van der Waals surface area contributed by atoms with E-state index in [0.29, 0.717) is 0 Å². The first-order valence-corrected chi connectivity index (χ1v) is 38.0. The maximum absolute atomic E-state index is 13.2. The van der Waals surface area contributed by atoms with Gasteiger partial charge in [-0.15, -0.1) is 0 Å². The summed E-state index contributed by atoms with van der Waals surface area (Å²) >= 11 is 0. The number of amides is 3. The van der Waals surface area contributed by atoms with Gasteiger partial charge in [0, 0.05) is 20.8 Å². The summed E-state index contributed by atoms with van der Waals surface area (Å²) < 4.78 is 111. The molecule has 0 aromatic carbocycles. The maximum atomic E-state index is 13.2. The fraction of sp³-hybridized carbons (Fsp3) is 0.939. The summed E-state index contributed by atoms with van der Waals surface area (Å²) in [5, 5.41) is 317. The van der Waals surface area contributed by atoms with Gasteiger partial charge in [0.05, 0.1) is 59.0 Å². The highest BCUT2D eigenvalue weighted by molar-refractivity contribution is 5.74. The SMILES string of the molecule is CC(=O)N[C@@H]1[C@@H](O)[C@H](O[C@@H]2O[C@H](CO)[C@@H](O[C@@H]3O[C@H](CO[C@@H]4O[C@H](CO)[C@@H](O)[C@H](O[C@H]5O[C@H](CO)[C@@H](O)[C@H](O)[C@@H]5O)[C@@H]4O)[C@@H](O)[C@H](O[C@@H]4O[C@H](CO)[C@@H](O)[C@H](O)[C@@H]4O[C@H]4O[C@H](CO)[C@@H](O[C@@H]5O[C@H](CO)[C@H](O)[C@H](O[C@@H]6O[C@H](C(=O)O)[C@@H](O)[C@H](O)[C@H]6O)[C@H]5O)[C@H](O)[C@H]4NC(C)=O)[C@@H]3O)[C@H](O)[C@H]2NC(C)=O)[C@@H](CO[C@@H]2O[C@H](C)[C@H](O)[C@H](O)[C@H]2O)O[C@H]1O. The molecule has 120 heavy (non-hydrogen) atoms. The number of aliphatic carboxylic acids is 1. The van der Waals surface area contributed by atoms with E-state index in [1.54, 1.807) is 0 Å². The Kier molecular flexibility index (Phi) is 34.6. The average Bonchev–Trinajstić information content (AvgIpc) is 0.764. The van der Waals surface area contributed by atoms with Crippen molar-refractivity contribution in [3.05, 3.63) is 0 Å². The number of carboxylic acids is 1. The third-order valence-corrected chi connectivity index (χ3v) is 22.0. The minimum atomic E-state index is -2.61. The van der Waals surface area contributed by atoms with Crippen molar-refractivity contribution in [1.29, 1.82) is 0 Å². The molecule has 0 aromatic rings. The molecule has 694 valence electrons. The first kappa shape index (κ1) is 98.2. The Morgan fingerprint density at radius 2 is 0.558 bits per heavy atom. The van der Waals surface area contributed by atoms with Crippen molar-refractivity contribution in [3.63, 3.8) is 0 Å². The third kappa shape index (κ3) is 21.2. The number of aliphatic hydroxyl groups is 27. The summed E-state index contributed by atoms with van der Waals surface area (Å²) in [7, 11) is 0. The molecule has 0 aliphatic carbocycles. The lowest BCUT2D eigenvalue weighted by molar-refractivity contribution is -0.399. The molecule has 54 heteroatoms. The van der Waals surface area contributed by atoms with E-state index in [0.717, 1.165) is 20.8 Å². The molecule has 0 unspecified atom stereocenters. The molecular weight excluding hydrogens is 1650 g/mol. The van der Waals surface area contributed by atoms with Gasteiger partial charge in [0.2, 0.25) is 17.7 Å². The van der Waals surface area contributed by atoms with Crippen LogP contribution in [0.2, 0.25) is 0 Å². The third-order valence-electron chi connectivity index (χ3n) is 22.0. The zero-order chi connectivity index (χ0) is 88.4. The summed E-state index contributed by atoms with van der Waals surface area (Å²) in [6, 6.07) is -5.84. The monoisotopic (exact) mass is 1760 g/mol. The topological polar surface area (TPSA) is 846 Å². The molecule has 50 atom stereocenters. The quantitative estimate of drug-likeness (QED) is 0.0318. The van der Waals surface area contributed by atoms with Crippen LogP contribution in [0.25, 0.3) is 0 Å². The normalized spacial score (nSPS) is 50.4. The summed E-state index contributed by atoms with van der Waals surface area (Å²) in [5.74, 6) is -4.73. The molecule has 31 N–H and O–H groups in total. The lowest BCUT2D eigenvalue weighted by atomic mass is 9.93. The van der Waals surface area contributed by atoms with Crippen LogP contribution < -0.4 is 16.0 Å². The number of rotatable bonds is 30. The van der Waals surface area contributed by atoms with Crippen LogP contribution in [0.1, 0.15) is 27.7 Å². The number of carbonyl (C=O) groups is 4. The van der Waals surface area contributed by atoms with Gasteiger partial charge in [-0.05, 0) is 6.92 Å². The van der Waals surface area contributed by atoms with Gasteiger partial charge in [0.1, 0.15) is 232 Å². The highest BCUT2D eigenvalue weighted by Crippen LogP contribution is 2.41. The molecule has 10 aliphatic rings. The van der Waals surface area contributed by atoms with Gasteiger partial charge in [-0.2, -0.15) is 0 Å². The molecular formula is C66H109N3O51. The Labute approximate surface area is 677 Å². The number of ether oxygens (including phenoxy) is 19. The van der Waals surface area contributed by atoms with Crippen molar-refractivity contribution >= 4 is 23.7 Å². The van der Waals surface area contributed by atoms with E-state index in [-0.39, 0.29) is 0 Å². The van der Waals surface area contributed by atoms with Crippen LogP contribution in [-0.2, 0) is 109 Å². The molecule has 0 spiro atoms. The number of aliphatic hydroxyl groups excluding tert-OH is 27. The lowest BCUT2D eigenvalue weighted by Crippen LogP contribution is -2.71. The van der Waals surface area contributed by atoms with Gasteiger partial charge in [-0.3, -0.25) is 14.4 Å². The molecule has 10 aliphatic heterocycles. The predicted octanol–water partition coefficient (Wildman–Crippen LogP) is -21.3. The van der Waals surface area contributed by atoms with Gasteiger partial charge in [0.15, 0.2) is 69.0 Å². The zero-order valence-corrected chi connectivity index (χ0v) is 63.9. The maximum Gasteiger partial charge on any atom is 0.335 e. The second-order valence-electron chi connectivity index (χ2n) is 30.3.